The molecule has 0 atom stereocenters. The van der Waals surface area contributed by atoms with E-state index in [4.69, 9.17) is 0 Å². The molecule has 0 aliphatic rings. The maximum Gasteiger partial charge on any atom is 0.0786 e. The zero-order chi connectivity index (χ0) is 24.3. The average molecular weight is 456 g/mol. The lowest BCUT2D eigenvalue weighted by molar-refractivity contribution is -0.929. The molecule has 0 saturated carbocycles. The molecule has 0 heterocycles. The maximum atomic E-state index is 10.1. The number of aliphatic carboxylic acids is 1. The summed E-state index contributed by atoms with van der Waals surface area (Å²) < 4.78 is 1.42. The summed E-state index contributed by atoms with van der Waals surface area (Å²) in [6.07, 6.45) is 23.7. The summed E-state index contributed by atoms with van der Waals surface area (Å²) in [5.74, 6) is -0.908. The van der Waals surface area contributed by atoms with E-state index in [1.54, 1.807) is 0 Å². The van der Waals surface area contributed by atoms with Gasteiger partial charge in [0.05, 0.1) is 26.2 Å². The zero-order valence-corrected chi connectivity index (χ0v) is 23.0. The van der Waals surface area contributed by atoms with Gasteiger partial charge in [-0.2, -0.15) is 0 Å². The van der Waals surface area contributed by atoms with Gasteiger partial charge in [0.1, 0.15) is 0 Å². The van der Waals surface area contributed by atoms with Crippen molar-refractivity contribution in [3.05, 3.63) is 0 Å². The highest BCUT2D eigenvalue weighted by Crippen LogP contribution is 2.16. The molecule has 0 amide bonds. The van der Waals surface area contributed by atoms with Crippen LogP contribution in [0.3, 0.4) is 0 Å². The third kappa shape index (κ3) is 24.1. The molecule has 0 unspecified atom stereocenters. The summed E-state index contributed by atoms with van der Waals surface area (Å²) >= 11 is 0. The van der Waals surface area contributed by atoms with Gasteiger partial charge in [0, 0.05) is 5.97 Å². The molecule has 194 valence electrons. The largest absolute Gasteiger partial charge is 0.550 e. The van der Waals surface area contributed by atoms with Crippen LogP contribution in [0.2, 0.25) is 0 Å². The second-order valence-corrected chi connectivity index (χ2v) is 9.95. The molecule has 3 heteroatoms. The molecule has 0 spiro atoms. The molecule has 0 aromatic rings. The molecular weight excluding hydrogens is 394 g/mol. The Balaban J connectivity index is 0. The fraction of sp³-hybridized carbons (Fsp3) is 0.966. The van der Waals surface area contributed by atoms with Gasteiger partial charge in [-0.3, -0.25) is 0 Å². The molecule has 0 aliphatic carbocycles. The fourth-order valence-corrected chi connectivity index (χ4v) is 4.40. The monoisotopic (exact) mass is 455 g/mol. The minimum absolute atomic E-state index is 0.233. The first-order valence-corrected chi connectivity index (χ1v) is 14.6. The molecule has 0 aliphatic heterocycles. The van der Waals surface area contributed by atoms with E-state index in [2.05, 4.69) is 34.6 Å². The summed E-state index contributed by atoms with van der Waals surface area (Å²) in [5.41, 5.74) is 0. The molecule has 0 saturated heterocycles. The molecule has 32 heavy (non-hydrogen) atoms. The minimum atomic E-state index is -0.908. The quantitative estimate of drug-likeness (QED) is 0.115. The van der Waals surface area contributed by atoms with Crippen LogP contribution in [0.25, 0.3) is 0 Å². The number of hydrogen-bond acceptors (Lipinski definition) is 2. The number of quaternary nitrogens is 1. The fourth-order valence-electron chi connectivity index (χ4n) is 4.40. The number of unbranched alkanes of at least 4 members (excludes halogenated alkanes) is 13. The van der Waals surface area contributed by atoms with Crippen molar-refractivity contribution in [1.29, 1.82) is 0 Å². The van der Waals surface area contributed by atoms with E-state index in [9.17, 15) is 9.90 Å². The first-order chi connectivity index (χ1) is 15.5. The lowest BCUT2D eigenvalue weighted by Gasteiger charge is -2.39. The van der Waals surface area contributed by atoms with E-state index in [1.807, 2.05) is 0 Å². The summed E-state index contributed by atoms with van der Waals surface area (Å²) in [7, 11) is 0. The lowest BCUT2D eigenvalue weighted by atomic mass is 10.1. The highest BCUT2D eigenvalue weighted by molar-refractivity contribution is 5.63. The smallest absolute Gasteiger partial charge is 0.0786 e. The average Bonchev–Trinajstić information content (AvgIpc) is 2.79. The Kier molecular flexibility index (Phi) is 28.0. The van der Waals surface area contributed by atoms with E-state index in [0.29, 0.717) is 0 Å². The van der Waals surface area contributed by atoms with E-state index < -0.39 is 5.97 Å². The van der Waals surface area contributed by atoms with Crippen molar-refractivity contribution in [2.75, 3.05) is 26.2 Å². The maximum absolute atomic E-state index is 10.1. The van der Waals surface area contributed by atoms with Crippen LogP contribution in [0.4, 0.5) is 0 Å². The van der Waals surface area contributed by atoms with Crippen molar-refractivity contribution < 1.29 is 14.4 Å². The number of carboxylic acid groups (broad SMARTS) is 1. The Morgan fingerprint density at radius 1 is 0.469 bits per heavy atom. The van der Waals surface area contributed by atoms with Gasteiger partial charge in [0.25, 0.3) is 0 Å². The lowest BCUT2D eigenvalue weighted by Crippen LogP contribution is -2.50. The normalized spacial score (nSPS) is 11.3. The minimum Gasteiger partial charge on any atom is -0.550 e. The molecule has 0 N–H and O–H groups in total. The van der Waals surface area contributed by atoms with Crippen LogP contribution < -0.4 is 5.11 Å². The van der Waals surface area contributed by atoms with E-state index in [-0.39, 0.29) is 6.42 Å². The molecule has 0 fully saturated rings. The summed E-state index contributed by atoms with van der Waals surface area (Å²) in [6.45, 7) is 17.3. The third-order valence-corrected chi connectivity index (χ3v) is 6.68. The highest BCUT2D eigenvalue weighted by Gasteiger charge is 2.24. The van der Waals surface area contributed by atoms with Gasteiger partial charge in [-0.25, -0.2) is 0 Å². The molecule has 0 aromatic carbocycles. The standard InChI is InChI=1S/C16H36N.C13H26O2/c1-5-9-13-17(14-10-6-2,15-11-7-3)16-12-8-4;1-2-3-4-5-6-7-8-9-10-11-12-13(14)15/h5-16H2,1-4H3;2-12H2,1H3,(H,14,15)/q+1;/p-1. The van der Waals surface area contributed by atoms with Crippen molar-refractivity contribution >= 4 is 5.97 Å². The number of carboxylic acids is 1. The molecule has 0 radical (unpaired) electrons. The van der Waals surface area contributed by atoms with Gasteiger partial charge in [0.2, 0.25) is 0 Å². The van der Waals surface area contributed by atoms with Gasteiger partial charge in [-0.1, -0.05) is 118 Å². The van der Waals surface area contributed by atoms with Crippen LogP contribution in [-0.2, 0) is 4.79 Å². The van der Waals surface area contributed by atoms with E-state index >= 15 is 0 Å². The van der Waals surface area contributed by atoms with Gasteiger partial charge < -0.3 is 14.4 Å². The summed E-state index contributed by atoms with van der Waals surface area (Å²) in [4.78, 5) is 10.1. The molecular formula is C29H61NO2. The van der Waals surface area contributed by atoms with Gasteiger partial charge >= 0.3 is 0 Å². The van der Waals surface area contributed by atoms with E-state index in [1.165, 1.54) is 133 Å². The SMILES string of the molecule is CCCCCCCCCCCCC(=O)[O-].CCCC[N+](CCCC)(CCCC)CCCC. The Morgan fingerprint density at radius 2 is 0.750 bits per heavy atom. The number of carbonyl (C=O) groups is 1. The summed E-state index contributed by atoms with van der Waals surface area (Å²) in [6, 6.07) is 0. The van der Waals surface area contributed by atoms with Crippen LogP contribution in [0, 0.1) is 0 Å². The van der Waals surface area contributed by atoms with Crippen LogP contribution >= 0.6 is 0 Å². The Bertz CT molecular complexity index is 333. The molecule has 0 rings (SSSR count). The van der Waals surface area contributed by atoms with Gasteiger partial charge in [0.15, 0.2) is 0 Å². The number of carbonyl (C=O) groups excluding carboxylic acids is 1. The Hall–Kier alpha value is -0.570. The molecule has 0 aromatic heterocycles. The van der Waals surface area contributed by atoms with Crippen molar-refractivity contribution in [3.8, 4) is 0 Å². The van der Waals surface area contributed by atoms with Gasteiger partial charge in [-0.15, -0.1) is 0 Å². The van der Waals surface area contributed by atoms with Crippen LogP contribution in [0.1, 0.15) is 157 Å². The first kappa shape index (κ1) is 33.6. The number of rotatable bonds is 23. The van der Waals surface area contributed by atoms with Crippen LogP contribution in [0.15, 0.2) is 0 Å². The van der Waals surface area contributed by atoms with Crippen LogP contribution in [-0.4, -0.2) is 36.6 Å². The molecule has 0 bridgehead atoms. The number of nitrogens with zero attached hydrogens (tertiary/aromatic N) is 1. The van der Waals surface area contributed by atoms with Gasteiger partial charge in [-0.05, 0) is 38.5 Å². The highest BCUT2D eigenvalue weighted by atomic mass is 16.4. The number of hydrogen-bond donors (Lipinski definition) is 0. The predicted octanol–water partition coefficient (Wildman–Crippen LogP) is 8.05. The van der Waals surface area contributed by atoms with E-state index in [0.717, 1.165) is 12.8 Å². The van der Waals surface area contributed by atoms with Crippen molar-refractivity contribution in [3.63, 3.8) is 0 Å². The Labute approximate surface area is 203 Å². The topological polar surface area (TPSA) is 40.1 Å². The third-order valence-electron chi connectivity index (χ3n) is 6.68. The second kappa shape index (κ2) is 26.7. The Morgan fingerprint density at radius 3 is 1.03 bits per heavy atom. The predicted molar refractivity (Wildman–Crippen MR) is 141 cm³/mol. The van der Waals surface area contributed by atoms with Crippen molar-refractivity contribution in [2.24, 2.45) is 0 Å². The van der Waals surface area contributed by atoms with Crippen molar-refractivity contribution in [1.82, 2.24) is 0 Å². The second-order valence-electron chi connectivity index (χ2n) is 9.95. The molecule has 3 nitrogen and oxygen atoms in total. The van der Waals surface area contributed by atoms with Crippen LogP contribution in [0.5, 0.6) is 0 Å². The zero-order valence-electron chi connectivity index (χ0n) is 23.0. The van der Waals surface area contributed by atoms with Crippen molar-refractivity contribution in [2.45, 2.75) is 157 Å². The first-order valence-electron chi connectivity index (χ1n) is 14.6. The summed E-state index contributed by atoms with van der Waals surface area (Å²) in [5, 5.41) is 10.1.